The topological polar surface area (TPSA) is 75.4 Å². The van der Waals surface area contributed by atoms with Gasteiger partial charge < -0.3 is 9.80 Å². The first-order valence-corrected chi connectivity index (χ1v) is 10.7. The minimum absolute atomic E-state index is 0.102. The van der Waals surface area contributed by atoms with Crippen molar-refractivity contribution in [3.8, 4) is 11.3 Å². The summed E-state index contributed by atoms with van der Waals surface area (Å²) in [6, 6.07) is 22.5. The Kier molecular flexibility index (Phi) is 5.33. The van der Waals surface area contributed by atoms with E-state index < -0.39 is 0 Å². The average Bonchev–Trinajstić information content (AvgIpc) is 2.84. The number of rotatable bonds is 4. The Hall–Kier alpha value is -3.71. The van der Waals surface area contributed by atoms with Gasteiger partial charge in [0.15, 0.2) is 0 Å². The molecule has 1 aromatic heterocycles. The predicted octanol–water partition coefficient (Wildman–Crippen LogP) is 5.19. The third-order valence-electron chi connectivity index (χ3n) is 5.68. The highest BCUT2D eigenvalue weighted by molar-refractivity contribution is 6.31. The second-order valence-electron chi connectivity index (χ2n) is 7.65. The van der Waals surface area contributed by atoms with Gasteiger partial charge in [-0.1, -0.05) is 41.9 Å². The molecule has 0 radical (unpaired) electrons. The van der Waals surface area contributed by atoms with Crippen molar-refractivity contribution in [2.24, 2.45) is 0 Å². The first-order chi connectivity index (χ1) is 15.6. The molecule has 0 spiro atoms. The normalized spacial score (nSPS) is 14.0. The molecular formula is C24H20ClN5O2. The predicted molar refractivity (Wildman–Crippen MR) is 128 cm³/mol. The molecule has 0 N–H and O–H groups in total. The number of non-ortho nitro benzene ring substituents is 1. The summed E-state index contributed by atoms with van der Waals surface area (Å²) in [5, 5.41) is 12.5. The molecule has 1 aliphatic heterocycles. The summed E-state index contributed by atoms with van der Waals surface area (Å²) in [6.07, 6.45) is 0. The second-order valence-corrected chi connectivity index (χ2v) is 8.08. The van der Waals surface area contributed by atoms with Gasteiger partial charge in [-0.25, -0.2) is 9.97 Å². The van der Waals surface area contributed by atoms with E-state index in [1.165, 1.54) is 0 Å². The van der Waals surface area contributed by atoms with Crippen LogP contribution < -0.4 is 9.80 Å². The Bertz CT molecular complexity index is 1270. The lowest BCUT2D eigenvalue weighted by molar-refractivity contribution is -0.384. The van der Waals surface area contributed by atoms with Gasteiger partial charge in [0.1, 0.15) is 0 Å². The van der Waals surface area contributed by atoms with Crippen LogP contribution in [0.15, 0.2) is 72.8 Å². The number of nitro benzene ring substituents is 1. The van der Waals surface area contributed by atoms with E-state index in [0.717, 1.165) is 54.0 Å². The molecule has 1 saturated heterocycles. The fourth-order valence-electron chi connectivity index (χ4n) is 4.00. The summed E-state index contributed by atoms with van der Waals surface area (Å²) in [5.41, 5.74) is 3.83. The Morgan fingerprint density at radius 2 is 1.53 bits per heavy atom. The Morgan fingerprint density at radius 3 is 2.22 bits per heavy atom. The van der Waals surface area contributed by atoms with Gasteiger partial charge in [-0.2, -0.15) is 0 Å². The first-order valence-electron chi connectivity index (χ1n) is 10.4. The van der Waals surface area contributed by atoms with E-state index in [4.69, 9.17) is 21.6 Å². The number of aromatic nitrogens is 2. The minimum atomic E-state index is -0.379. The second kappa shape index (κ2) is 8.43. The third kappa shape index (κ3) is 3.94. The average molecular weight is 446 g/mol. The largest absolute Gasteiger partial charge is 0.368 e. The number of hydrogen-bond acceptors (Lipinski definition) is 6. The summed E-state index contributed by atoms with van der Waals surface area (Å²) in [5.74, 6) is 0.696. The van der Waals surface area contributed by atoms with Gasteiger partial charge in [-0.15, -0.1) is 0 Å². The Morgan fingerprint density at radius 1 is 0.844 bits per heavy atom. The summed E-state index contributed by atoms with van der Waals surface area (Å²) >= 11 is 6.26. The fraction of sp³-hybridized carbons (Fsp3) is 0.167. The number of anilines is 2. The zero-order chi connectivity index (χ0) is 22.1. The SMILES string of the molecule is O=[N+]([O-])c1ccc(N2CCN(c3nc(-c4ccccc4)c4cc(Cl)ccc4n3)CC2)cc1. The highest BCUT2D eigenvalue weighted by Crippen LogP contribution is 2.31. The lowest BCUT2D eigenvalue weighted by Gasteiger charge is -2.36. The van der Waals surface area contributed by atoms with Crippen molar-refractivity contribution in [1.82, 2.24) is 9.97 Å². The van der Waals surface area contributed by atoms with E-state index in [2.05, 4.69) is 9.80 Å². The molecule has 0 unspecified atom stereocenters. The molecule has 1 aliphatic rings. The van der Waals surface area contributed by atoms with Crippen LogP contribution in [0.3, 0.4) is 0 Å². The summed E-state index contributed by atoms with van der Waals surface area (Å²) < 4.78 is 0. The van der Waals surface area contributed by atoms with Crippen molar-refractivity contribution >= 4 is 39.8 Å². The van der Waals surface area contributed by atoms with E-state index in [-0.39, 0.29) is 10.6 Å². The highest BCUT2D eigenvalue weighted by Gasteiger charge is 2.21. The van der Waals surface area contributed by atoms with Crippen LogP contribution in [0.5, 0.6) is 0 Å². The van der Waals surface area contributed by atoms with Crippen molar-refractivity contribution in [3.05, 3.63) is 87.9 Å². The van der Waals surface area contributed by atoms with E-state index in [0.29, 0.717) is 11.0 Å². The van der Waals surface area contributed by atoms with E-state index in [1.807, 2.05) is 48.5 Å². The molecule has 2 heterocycles. The van der Waals surface area contributed by atoms with Gasteiger partial charge in [-0.3, -0.25) is 10.1 Å². The maximum absolute atomic E-state index is 10.9. The molecule has 0 atom stereocenters. The fourth-order valence-corrected chi connectivity index (χ4v) is 4.17. The quantitative estimate of drug-likeness (QED) is 0.318. The van der Waals surface area contributed by atoms with Gasteiger partial charge in [-0.05, 0) is 30.3 Å². The minimum Gasteiger partial charge on any atom is -0.368 e. The number of piperazine rings is 1. The smallest absolute Gasteiger partial charge is 0.269 e. The zero-order valence-corrected chi connectivity index (χ0v) is 17.9. The van der Waals surface area contributed by atoms with E-state index in [1.54, 1.807) is 24.3 Å². The van der Waals surface area contributed by atoms with Gasteiger partial charge in [0, 0.05) is 60.0 Å². The zero-order valence-electron chi connectivity index (χ0n) is 17.2. The third-order valence-corrected chi connectivity index (χ3v) is 5.92. The van der Waals surface area contributed by atoms with Crippen LogP contribution in [-0.2, 0) is 0 Å². The van der Waals surface area contributed by atoms with Gasteiger partial charge in [0.25, 0.3) is 5.69 Å². The number of halogens is 1. The molecule has 1 fully saturated rings. The van der Waals surface area contributed by atoms with Gasteiger partial charge >= 0.3 is 0 Å². The number of nitro groups is 1. The maximum atomic E-state index is 10.9. The monoisotopic (exact) mass is 445 g/mol. The van der Waals surface area contributed by atoms with Crippen LogP contribution in [0.2, 0.25) is 5.02 Å². The highest BCUT2D eigenvalue weighted by atomic mass is 35.5. The van der Waals surface area contributed by atoms with Crippen molar-refractivity contribution in [2.45, 2.75) is 0 Å². The Balaban J connectivity index is 1.42. The first kappa shape index (κ1) is 20.2. The summed E-state index contributed by atoms with van der Waals surface area (Å²) in [6.45, 7) is 3.07. The Labute approximate surface area is 190 Å². The van der Waals surface area contributed by atoms with Crippen molar-refractivity contribution in [3.63, 3.8) is 0 Å². The molecule has 8 heteroatoms. The number of hydrogen-bond donors (Lipinski definition) is 0. The summed E-state index contributed by atoms with van der Waals surface area (Å²) in [7, 11) is 0. The van der Waals surface area contributed by atoms with Crippen LogP contribution >= 0.6 is 11.6 Å². The molecule has 0 amide bonds. The van der Waals surface area contributed by atoms with Crippen molar-refractivity contribution < 1.29 is 4.92 Å². The molecule has 5 rings (SSSR count). The number of fused-ring (bicyclic) bond motifs is 1. The van der Waals surface area contributed by atoms with Crippen molar-refractivity contribution in [1.29, 1.82) is 0 Å². The standard InChI is InChI=1S/C24H20ClN5O2/c25-18-6-11-22-21(16-18)23(17-4-2-1-3-5-17)27-24(26-22)29-14-12-28(13-15-29)19-7-9-20(10-8-19)30(31)32/h1-11,16H,12-15H2. The molecule has 7 nitrogen and oxygen atoms in total. The van der Waals surface area contributed by atoms with Crippen LogP contribution in [0.4, 0.5) is 17.3 Å². The maximum Gasteiger partial charge on any atom is 0.269 e. The lowest BCUT2D eigenvalue weighted by atomic mass is 10.1. The molecular weight excluding hydrogens is 426 g/mol. The molecule has 0 aliphatic carbocycles. The summed E-state index contributed by atoms with van der Waals surface area (Å²) in [4.78, 5) is 24.7. The molecule has 4 aromatic rings. The number of nitrogens with zero attached hydrogens (tertiary/aromatic N) is 5. The van der Waals surface area contributed by atoms with E-state index >= 15 is 0 Å². The van der Waals surface area contributed by atoms with Crippen LogP contribution in [0.1, 0.15) is 0 Å². The van der Waals surface area contributed by atoms with Crippen LogP contribution in [-0.4, -0.2) is 41.1 Å². The molecule has 0 bridgehead atoms. The van der Waals surface area contributed by atoms with E-state index in [9.17, 15) is 10.1 Å². The molecule has 160 valence electrons. The number of benzene rings is 3. The lowest BCUT2D eigenvalue weighted by Crippen LogP contribution is -2.47. The molecule has 3 aromatic carbocycles. The van der Waals surface area contributed by atoms with Crippen LogP contribution in [0.25, 0.3) is 22.2 Å². The molecule has 0 saturated carbocycles. The van der Waals surface area contributed by atoms with Crippen molar-refractivity contribution in [2.75, 3.05) is 36.0 Å². The molecule has 32 heavy (non-hydrogen) atoms. The van der Waals surface area contributed by atoms with Crippen LogP contribution in [0, 0.1) is 10.1 Å². The van der Waals surface area contributed by atoms with Gasteiger partial charge in [0.2, 0.25) is 5.95 Å². The van der Waals surface area contributed by atoms with Gasteiger partial charge in [0.05, 0.1) is 16.1 Å².